The lowest BCUT2D eigenvalue weighted by Gasteiger charge is -2.10. The summed E-state index contributed by atoms with van der Waals surface area (Å²) in [4.78, 5) is 25.9. The predicted octanol–water partition coefficient (Wildman–Crippen LogP) is 6.28. The van der Waals surface area contributed by atoms with E-state index in [1.54, 1.807) is 74.7 Å². The van der Waals surface area contributed by atoms with Crippen LogP contribution in [0.2, 0.25) is 0 Å². The molecule has 0 aliphatic rings. The van der Waals surface area contributed by atoms with Gasteiger partial charge in [0.2, 0.25) is 0 Å². The SMILES string of the molecule is CCOc1ccc2oc(C)c(C(=O)Oc3ccc(/C=C/C(=O)c4ccc(OC)cc4OC)cc3OC)c2c1. The third-order valence-corrected chi connectivity index (χ3v) is 5.84. The van der Waals surface area contributed by atoms with Gasteiger partial charge in [-0.3, -0.25) is 4.79 Å². The van der Waals surface area contributed by atoms with Crippen LogP contribution in [-0.2, 0) is 0 Å². The summed E-state index contributed by atoms with van der Waals surface area (Å²) in [5.74, 6) is 1.80. The first kappa shape index (κ1) is 26.3. The van der Waals surface area contributed by atoms with E-state index in [2.05, 4.69) is 0 Å². The Hall–Kier alpha value is -4.72. The first-order valence-corrected chi connectivity index (χ1v) is 11.9. The van der Waals surface area contributed by atoms with Crippen molar-refractivity contribution in [3.05, 3.63) is 83.1 Å². The van der Waals surface area contributed by atoms with Gasteiger partial charge in [-0.25, -0.2) is 4.79 Å². The Balaban J connectivity index is 1.55. The number of benzene rings is 3. The number of carbonyl (C=O) groups excluding carboxylic acids is 2. The van der Waals surface area contributed by atoms with E-state index in [4.69, 9.17) is 28.1 Å². The van der Waals surface area contributed by atoms with Gasteiger partial charge >= 0.3 is 5.97 Å². The number of allylic oxidation sites excluding steroid dienone is 1. The number of aryl methyl sites for hydroxylation is 1. The van der Waals surface area contributed by atoms with Crippen molar-refractivity contribution < 1.29 is 37.7 Å². The Kier molecular flexibility index (Phi) is 8.01. The van der Waals surface area contributed by atoms with Crippen LogP contribution in [0, 0.1) is 6.92 Å². The average molecular weight is 517 g/mol. The molecule has 4 rings (SSSR count). The van der Waals surface area contributed by atoms with Crippen LogP contribution in [0.3, 0.4) is 0 Å². The number of rotatable bonds is 10. The largest absolute Gasteiger partial charge is 0.497 e. The molecule has 3 aromatic carbocycles. The van der Waals surface area contributed by atoms with Gasteiger partial charge in [0.05, 0.1) is 33.5 Å². The Bertz CT molecular complexity index is 1510. The van der Waals surface area contributed by atoms with Crippen molar-refractivity contribution in [2.24, 2.45) is 0 Å². The number of hydrogen-bond acceptors (Lipinski definition) is 8. The summed E-state index contributed by atoms with van der Waals surface area (Å²) in [7, 11) is 4.51. The van der Waals surface area contributed by atoms with E-state index in [-0.39, 0.29) is 11.5 Å². The Morgan fingerprint density at radius 2 is 1.61 bits per heavy atom. The van der Waals surface area contributed by atoms with Crippen LogP contribution < -0.4 is 23.7 Å². The van der Waals surface area contributed by atoms with Crippen LogP contribution in [0.25, 0.3) is 17.0 Å². The van der Waals surface area contributed by atoms with Crippen LogP contribution in [0.4, 0.5) is 0 Å². The summed E-state index contributed by atoms with van der Waals surface area (Å²) in [5, 5.41) is 0.601. The molecule has 0 aliphatic heterocycles. The summed E-state index contributed by atoms with van der Waals surface area (Å²) in [5.41, 5.74) is 1.95. The molecule has 4 aromatic rings. The van der Waals surface area contributed by atoms with Gasteiger partial charge in [-0.05, 0) is 68.0 Å². The smallest absolute Gasteiger partial charge is 0.347 e. The fraction of sp³-hybridized carbons (Fsp3) is 0.200. The topological polar surface area (TPSA) is 93.4 Å². The fourth-order valence-electron chi connectivity index (χ4n) is 4.00. The molecule has 1 aromatic heterocycles. The molecule has 1 heterocycles. The van der Waals surface area contributed by atoms with Crippen molar-refractivity contribution in [2.75, 3.05) is 27.9 Å². The van der Waals surface area contributed by atoms with Gasteiger partial charge in [0.15, 0.2) is 17.3 Å². The van der Waals surface area contributed by atoms with Crippen molar-refractivity contribution in [1.82, 2.24) is 0 Å². The minimum atomic E-state index is -0.585. The maximum atomic E-state index is 13.2. The second kappa shape index (κ2) is 11.6. The lowest BCUT2D eigenvalue weighted by Crippen LogP contribution is -2.10. The van der Waals surface area contributed by atoms with E-state index in [0.29, 0.717) is 63.0 Å². The highest BCUT2D eigenvalue weighted by Gasteiger charge is 2.22. The van der Waals surface area contributed by atoms with E-state index in [1.165, 1.54) is 20.3 Å². The molecule has 8 heteroatoms. The maximum absolute atomic E-state index is 13.2. The minimum Gasteiger partial charge on any atom is -0.497 e. The molecule has 38 heavy (non-hydrogen) atoms. The molecular formula is C30H28O8. The Morgan fingerprint density at radius 3 is 2.32 bits per heavy atom. The van der Waals surface area contributed by atoms with Crippen LogP contribution in [0.5, 0.6) is 28.7 Å². The second-order valence-electron chi connectivity index (χ2n) is 8.19. The van der Waals surface area contributed by atoms with Crippen molar-refractivity contribution in [3.63, 3.8) is 0 Å². The Labute approximate surface area is 220 Å². The first-order chi connectivity index (χ1) is 18.4. The zero-order chi connectivity index (χ0) is 27.2. The molecule has 0 fully saturated rings. The number of carbonyl (C=O) groups is 2. The number of ether oxygens (including phenoxy) is 5. The maximum Gasteiger partial charge on any atom is 0.347 e. The summed E-state index contributed by atoms with van der Waals surface area (Å²) in [6, 6.07) is 15.3. The van der Waals surface area contributed by atoms with E-state index in [9.17, 15) is 9.59 Å². The van der Waals surface area contributed by atoms with Crippen LogP contribution in [0.15, 0.2) is 65.1 Å². The molecule has 0 aliphatic carbocycles. The molecule has 0 spiro atoms. The third kappa shape index (κ3) is 5.49. The number of furan rings is 1. The zero-order valence-corrected chi connectivity index (χ0v) is 21.8. The van der Waals surface area contributed by atoms with E-state index in [1.807, 2.05) is 6.92 Å². The first-order valence-electron chi connectivity index (χ1n) is 11.9. The average Bonchev–Trinajstić information content (AvgIpc) is 3.26. The van der Waals surface area contributed by atoms with Crippen LogP contribution in [0.1, 0.15) is 39.0 Å². The van der Waals surface area contributed by atoms with Gasteiger partial charge in [0.1, 0.15) is 34.2 Å². The van der Waals surface area contributed by atoms with Crippen LogP contribution >= 0.6 is 0 Å². The van der Waals surface area contributed by atoms with Crippen molar-refractivity contribution in [1.29, 1.82) is 0 Å². The zero-order valence-electron chi connectivity index (χ0n) is 21.8. The number of fused-ring (bicyclic) bond motifs is 1. The van der Waals surface area contributed by atoms with Gasteiger partial charge in [-0.1, -0.05) is 12.1 Å². The van der Waals surface area contributed by atoms with Crippen LogP contribution in [-0.4, -0.2) is 39.7 Å². The molecule has 0 atom stereocenters. The molecule has 0 N–H and O–H groups in total. The molecule has 0 bridgehead atoms. The highest BCUT2D eigenvalue weighted by atomic mass is 16.6. The van der Waals surface area contributed by atoms with Gasteiger partial charge in [-0.15, -0.1) is 0 Å². The molecule has 196 valence electrons. The standard InChI is InChI=1S/C30H28O8/c1-6-36-21-10-14-25-23(16-21)29(18(2)37-25)30(32)38-26-13-8-19(15-28(26)35-5)7-12-24(31)22-11-9-20(33-3)17-27(22)34-4/h7-17H,6H2,1-5H3/b12-7+. The lowest BCUT2D eigenvalue weighted by molar-refractivity contribution is 0.0729. The molecule has 0 saturated heterocycles. The van der Waals surface area contributed by atoms with E-state index in [0.717, 1.165) is 0 Å². The normalized spacial score (nSPS) is 11.0. The number of methoxy groups -OCH3 is 3. The predicted molar refractivity (Wildman–Crippen MR) is 143 cm³/mol. The highest BCUT2D eigenvalue weighted by molar-refractivity contribution is 6.09. The molecule has 8 nitrogen and oxygen atoms in total. The quantitative estimate of drug-likeness (QED) is 0.105. The van der Waals surface area contributed by atoms with Crippen molar-refractivity contribution >= 4 is 28.8 Å². The van der Waals surface area contributed by atoms with Crippen molar-refractivity contribution in [3.8, 4) is 28.7 Å². The molecule has 0 unspecified atom stereocenters. The summed E-state index contributed by atoms with van der Waals surface area (Å²) in [6.07, 6.45) is 3.07. The summed E-state index contributed by atoms with van der Waals surface area (Å²) in [6.45, 7) is 4.09. The Morgan fingerprint density at radius 1 is 0.842 bits per heavy atom. The van der Waals surface area contributed by atoms with Crippen molar-refractivity contribution in [2.45, 2.75) is 13.8 Å². The lowest BCUT2D eigenvalue weighted by atomic mass is 10.1. The highest BCUT2D eigenvalue weighted by Crippen LogP contribution is 2.33. The monoisotopic (exact) mass is 516 g/mol. The summed E-state index contributed by atoms with van der Waals surface area (Å²) < 4.78 is 32.9. The number of hydrogen-bond donors (Lipinski definition) is 0. The van der Waals surface area contributed by atoms with E-state index >= 15 is 0 Å². The molecule has 0 radical (unpaired) electrons. The van der Waals surface area contributed by atoms with Gasteiger partial charge in [0, 0.05) is 11.5 Å². The summed E-state index contributed by atoms with van der Waals surface area (Å²) >= 11 is 0. The molecular weight excluding hydrogens is 488 g/mol. The van der Waals surface area contributed by atoms with Gasteiger partial charge in [0.25, 0.3) is 0 Å². The van der Waals surface area contributed by atoms with Gasteiger partial charge < -0.3 is 28.1 Å². The number of esters is 1. The second-order valence-corrected chi connectivity index (χ2v) is 8.19. The fourth-order valence-corrected chi connectivity index (χ4v) is 4.00. The number of ketones is 1. The van der Waals surface area contributed by atoms with Gasteiger partial charge in [-0.2, -0.15) is 0 Å². The molecule has 0 amide bonds. The third-order valence-electron chi connectivity index (χ3n) is 5.84. The van der Waals surface area contributed by atoms with E-state index < -0.39 is 5.97 Å². The minimum absolute atomic E-state index is 0.229. The molecule has 0 saturated carbocycles.